The normalized spacial score (nSPS) is 17.3. The largest absolute Gasteiger partial charge is 0.370 e. The van der Waals surface area contributed by atoms with Gasteiger partial charge >= 0.3 is 0 Å². The number of carbonyl (C=O) groups is 1. The van der Waals surface area contributed by atoms with Crippen LogP contribution in [0.3, 0.4) is 0 Å². The number of carbonyl (C=O) groups excluding carboxylic acids is 1. The van der Waals surface area contributed by atoms with E-state index in [4.69, 9.17) is 0 Å². The molecule has 1 atom stereocenters. The molecule has 2 N–H and O–H groups in total. The van der Waals surface area contributed by atoms with Crippen LogP contribution < -0.4 is 15.5 Å². The summed E-state index contributed by atoms with van der Waals surface area (Å²) in [6, 6.07) is 4.60. The smallest absolute Gasteiger partial charge is 0.229 e. The molecule has 0 bridgehead atoms. The van der Waals surface area contributed by atoms with E-state index in [2.05, 4.69) is 39.5 Å². The lowest BCUT2D eigenvalue weighted by Crippen LogP contribution is -2.42. The Morgan fingerprint density at radius 2 is 2.09 bits per heavy atom. The molecular weight excluding hydrogens is 290 g/mol. The molecule has 6 heteroatoms. The summed E-state index contributed by atoms with van der Waals surface area (Å²) >= 11 is 0. The highest BCUT2D eigenvalue weighted by molar-refractivity contribution is 5.91. The second-order valence-corrected chi connectivity index (χ2v) is 6.53. The summed E-state index contributed by atoms with van der Waals surface area (Å²) < 4.78 is 0. The van der Waals surface area contributed by atoms with Crippen LogP contribution in [0.15, 0.2) is 18.3 Å². The molecule has 0 radical (unpaired) electrons. The summed E-state index contributed by atoms with van der Waals surface area (Å²) in [4.78, 5) is 21.0. The van der Waals surface area contributed by atoms with Crippen molar-refractivity contribution in [3.63, 3.8) is 0 Å². The van der Waals surface area contributed by atoms with Gasteiger partial charge in [-0.1, -0.05) is 6.92 Å². The van der Waals surface area contributed by atoms with Crippen molar-refractivity contribution in [3.8, 4) is 0 Å². The fourth-order valence-corrected chi connectivity index (χ4v) is 2.94. The van der Waals surface area contributed by atoms with Gasteiger partial charge in [0.05, 0.1) is 11.9 Å². The van der Waals surface area contributed by atoms with Crippen LogP contribution in [0.5, 0.6) is 0 Å². The van der Waals surface area contributed by atoms with Gasteiger partial charge in [-0.15, -0.1) is 0 Å². The minimum absolute atomic E-state index is 0.00797. The van der Waals surface area contributed by atoms with Gasteiger partial charge in [-0.2, -0.15) is 0 Å². The van der Waals surface area contributed by atoms with Crippen LogP contribution in [0.2, 0.25) is 0 Å². The van der Waals surface area contributed by atoms with Crippen molar-refractivity contribution in [2.75, 3.05) is 51.0 Å². The Balaban J connectivity index is 1.89. The maximum Gasteiger partial charge on any atom is 0.229 e. The summed E-state index contributed by atoms with van der Waals surface area (Å²) in [6.07, 6.45) is 4.20. The highest BCUT2D eigenvalue weighted by Crippen LogP contribution is 2.22. The molecule has 1 amide bonds. The number of nitrogens with one attached hydrogen (secondary N) is 2. The van der Waals surface area contributed by atoms with Gasteiger partial charge in [-0.3, -0.25) is 4.79 Å². The molecule has 1 aliphatic rings. The van der Waals surface area contributed by atoms with Crippen molar-refractivity contribution in [1.29, 1.82) is 0 Å². The second-order valence-electron chi connectivity index (χ2n) is 6.53. The van der Waals surface area contributed by atoms with Gasteiger partial charge in [0.1, 0.15) is 5.82 Å². The van der Waals surface area contributed by atoms with Crippen molar-refractivity contribution >= 4 is 17.4 Å². The van der Waals surface area contributed by atoms with E-state index >= 15 is 0 Å². The summed E-state index contributed by atoms with van der Waals surface area (Å²) in [5.74, 6) is 0.530. The van der Waals surface area contributed by atoms with Gasteiger partial charge in [-0.05, 0) is 46.1 Å². The Bertz CT molecular complexity index is 494. The maximum atomic E-state index is 12.0. The molecule has 1 aliphatic heterocycles. The van der Waals surface area contributed by atoms with Crippen molar-refractivity contribution in [3.05, 3.63) is 18.3 Å². The van der Waals surface area contributed by atoms with Crippen molar-refractivity contribution < 1.29 is 4.79 Å². The Labute approximate surface area is 139 Å². The first-order valence-corrected chi connectivity index (χ1v) is 8.34. The maximum absolute atomic E-state index is 12.0. The van der Waals surface area contributed by atoms with Gasteiger partial charge in [0.15, 0.2) is 0 Å². The predicted molar refractivity (Wildman–Crippen MR) is 94.9 cm³/mol. The molecule has 1 aromatic rings. The molecule has 0 aromatic carbocycles. The number of rotatable bonds is 6. The van der Waals surface area contributed by atoms with E-state index in [1.165, 1.54) is 12.8 Å². The first-order valence-electron chi connectivity index (χ1n) is 8.34. The fraction of sp³-hybridized carbons (Fsp3) is 0.647. The van der Waals surface area contributed by atoms with Crippen LogP contribution in [-0.2, 0) is 4.79 Å². The molecule has 1 saturated heterocycles. The van der Waals surface area contributed by atoms with Gasteiger partial charge in [0.2, 0.25) is 5.91 Å². The van der Waals surface area contributed by atoms with Crippen LogP contribution >= 0.6 is 0 Å². The zero-order valence-electron chi connectivity index (χ0n) is 14.7. The van der Waals surface area contributed by atoms with Crippen LogP contribution in [-0.4, -0.2) is 62.6 Å². The molecule has 1 fully saturated rings. The second kappa shape index (κ2) is 8.26. The van der Waals surface area contributed by atoms with E-state index in [-0.39, 0.29) is 11.8 Å². The quantitative estimate of drug-likeness (QED) is 0.830. The Morgan fingerprint density at radius 3 is 2.61 bits per heavy atom. The van der Waals surface area contributed by atoms with Crippen molar-refractivity contribution in [2.45, 2.75) is 25.8 Å². The SMILES string of the molecule is CNCC(C)C(=O)Nc1ccc(N2CCC(N(C)C)CC2)cn1. The first kappa shape index (κ1) is 17.7. The summed E-state index contributed by atoms with van der Waals surface area (Å²) in [7, 11) is 6.14. The zero-order chi connectivity index (χ0) is 16.8. The molecule has 2 rings (SSSR count). The Hall–Kier alpha value is -1.66. The van der Waals surface area contributed by atoms with Gasteiger partial charge in [0.25, 0.3) is 0 Å². The van der Waals surface area contributed by atoms with E-state index in [1.54, 1.807) is 0 Å². The molecule has 0 aliphatic carbocycles. The number of hydrogen-bond donors (Lipinski definition) is 2. The highest BCUT2D eigenvalue weighted by Gasteiger charge is 2.21. The van der Waals surface area contributed by atoms with Crippen LogP contribution in [0, 0.1) is 5.92 Å². The van der Waals surface area contributed by atoms with Crippen molar-refractivity contribution in [2.24, 2.45) is 5.92 Å². The van der Waals surface area contributed by atoms with Gasteiger partial charge in [0, 0.05) is 31.6 Å². The minimum Gasteiger partial charge on any atom is -0.370 e. The molecule has 6 nitrogen and oxygen atoms in total. The molecule has 0 spiro atoms. The van der Waals surface area contributed by atoms with Crippen LogP contribution in [0.25, 0.3) is 0 Å². The number of nitrogens with zero attached hydrogens (tertiary/aromatic N) is 3. The third-order valence-electron chi connectivity index (χ3n) is 4.52. The fourth-order valence-electron chi connectivity index (χ4n) is 2.94. The topological polar surface area (TPSA) is 60.5 Å². The third-order valence-corrected chi connectivity index (χ3v) is 4.52. The lowest BCUT2D eigenvalue weighted by Gasteiger charge is -2.36. The lowest BCUT2D eigenvalue weighted by molar-refractivity contribution is -0.119. The predicted octanol–water partition coefficient (Wildman–Crippen LogP) is 1.41. The Kier molecular flexibility index (Phi) is 6.36. The lowest BCUT2D eigenvalue weighted by atomic mass is 10.0. The van der Waals surface area contributed by atoms with E-state index in [0.29, 0.717) is 18.4 Å². The van der Waals surface area contributed by atoms with E-state index in [9.17, 15) is 4.79 Å². The number of amides is 1. The molecule has 128 valence electrons. The summed E-state index contributed by atoms with van der Waals surface area (Å²) in [5.41, 5.74) is 1.13. The number of piperidine rings is 1. The Morgan fingerprint density at radius 1 is 1.39 bits per heavy atom. The molecule has 0 saturated carbocycles. The standard InChI is InChI=1S/C17H29N5O/c1-13(11-18-2)17(23)20-16-6-5-15(12-19-16)22-9-7-14(8-10-22)21(3)4/h5-6,12-14,18H,7-11H2,1-4H3,(H,19,20,23). The van der Waals surface area contributed by atoms with Gasteiger partial charge < -0.3 is 20.4 Å². The summed E-state index contributed by atoms with van der Waals surface area (Å²) in [5, 5.41) is 5.87. The highest BCUT2D eigenvalue weighted by atomic mass is 16.1. The molecule has 1 unspecified atom stereocenters. The monoisotopic (exact) mass is 319 g/mol. The number of hydrogen-bond acceptors (Lipinski definition) is 5. The third kappa shape index (κ3) is 4.91. The van der Waals surface area contributed by atoms with Crippen LogP contribution in [0.4, 0.5) is 11.5 Å². The van der Waals surface area contributed by atoms with Crippen LogP contribution in [0.1, 0.15) is 19.8 Å². The van der Waals surface area contributed by atoms with E-state index < -0.39 is 0 Å². The van der Waals surface area contributed by atoms with E-state index in [0.717, 1.165) is 18.8 Å². The average molecular weight is 319 g/mol. The minimum atomic E-state index is -0.0773. The molecule has 1 aromatic heterocycles. The van der Waals surface area contributed by atoms with Gasteiger partial charge in [-0.25, -0.2) is 4.98 Å². The molecule has 23 heavy (non-hydrogen) atoms. The van der Waals surface area contributed by atoms with E-state index in [1.807, 2.05) is 32.3 Å². The van der Waals surface area contributed by atoms with Crippen molar-refractivity contribution in [1.82, 2.24) is 15.2 Å². The average Bonchev–Trinajstić information content (AvgIpc) is 2.56. The summed E-state index contributed by atoms with van der Waals surface area (Å²) in [6.45, 7) is 4.66. The first-order chi connectivity index (χ1) is 11.0. The number of pyridine rings is 1. The molecular formula is C17H29N5O. The zero-order valence-corrected chi connectivity index (χ0v) is 14.7. The molecule has 2 heterocycles. The number of aromatic nitrogens is 1. The number of anilines is 2.